The lowest BCUT2D eigenvalue weighted by Gasteiger charge is -2.10. The Morgan fingerprint density at radius 3 is 2.27 bits per heavy atom. The monoisotopic (exact) mass is 497 g/mol. The minimum atomic E-state index is -0.102. The van der Waals surface area contributed by atoms with Crippen LogP contribution in [0.15, 0.2) is 95.9 Å². The molecule has 3 aromatic carbocycles. The Morgan fingerprint density at radius 2 is 1.58 bits per heavy atom. The Hall–Kier alpha value is -3.97. The van der Waals surface area contributed by atoms with Crippen molar-refractivity contribution in [2.45, 2.75) is 6.92 Å². The third-order valence-electron chi connectivity index (χ3n) is 5.24. The predicted octanol–water partition coefficient (Wildman–Crippen LogP) is 6.55. The van der Waals surface area contributed by atoms with Gasteiger partial charge in [0.2, 0.25) is 5.91 Å². The molecule has 0 spiro atoms. The predicted molar refractivity (Wildman–Crippen MR) is 136 cm³/mol. The number of nitrogens with one attached hydrogen (secondary N) is 2. The van der Waals surface area contributed by atoms with Crippen LogP contribution in [0, 0.1) is 0 Å². The third kappa shape index (κ3) is 4.36. The fourth-order valence-corrected chi connectivity index (χ4v) is 4.03. The molecule has 2 aromatic heterocycles. The number of halogens is 1. The molecule has 33 heavy (non-hydrogen) atoms. The number of hydrogen-bond acceptors (Lipinski definition) is 4. The second-order valence-corrected chi connectivity index (χ2v) is 8.48. The highest BCUT2D eigenvalue weighted by molar-refractivity contribution is 9.10. The number of carbonyl (C=O) groups is 1. The fourth-order valence-electron chi connectivity index (χ4n) is 3.77. The van der Waals surface area contributed by atoms with Crippen LogP contribution in [0.3, 0.4) is 0 Å². The molecular formula is C26H20BrN5O. The molecule has 0 aliphatic carbocycles. The van der Waals surface area contributed by atoms with Gasteiger partial charge >= 0.3 is 0 Å². The molecule has 162 valence electrons. The van der Waals surface area contributed by atoms with Gasteiger partial charge in [-0.25, -0.2) is 9.97 Å². The molecule has 2 heterocycles. The van der Waals surface area contributed by atoms with Crippen LogP contribution < -0.4 is 10.6 Å². The van der Waals surface area contributed by atoms with Gasteiger partial charge in [-0.1, -0.05) is 46.3 Å². The number of fused-ring (bicyclic) bond motifs is 1. The lowest BCUT2D eigenvalue weighted by molar-refractivity contribution is -0.114. The number of aromatic nitrogens is 3. The number of anilines is 3. The van der Waals surface area contributed by atoms with Gasteiger partial charge in [0.05, 0.1) is 5.39 Å². The molecule has 0 bridgehead atoms. The maximum Gasteiger partial charge on any atom is 0.221 e. The van der Waals surface area contributed by atoms with Crippen molar-refractivity contribution in [2.24, 2.45) is 0 Å². The Balaban J connectivity index is 1.63. The van der Waals surface area contributed by atoms with Crippen molar-refractivity contribution in [1.29, 1.82) is 0 Å². The first-order valence-electron chi connectivity index (χ1n) is 10.4. The van der Waals surface area contributed by atoms with Gasteiger partial charge in [-0.2, -0.15) is 0 Å². The highest BCUT2D eigenvalue weighted by Gasteiger charge is 2.17. The first kappa shape index (κ1) is 20.9. The summed E-state index contributed by atoms with van der Waals surface area (Å²) in [5.74, 6) is 0.608. The summed E-state index contributed by atoms with van der Waals surface area (Å²) in [5, 5.41) is 7.14. The molecule has 0 aliphatic heterocycles. The summed E-state index contributed by atoms with van der Waals surface area (Å²) in [5.41, 5.74) is 5.54. The van der Waals surface area contributed by atoms with Gasteiger partial charge in [-0.3, -0.25) is 4.79 Å². The highest BCUT2D eigenvalue weighted by Crippen LogP contribution is 2.36. The smallest absolute Gasteiger partial charge is 0.221 e. The summed E-state index contributed by atoms with van der Waals surface area (Å²) in [6, 6.07) is 25.9. The van der Waals surface area contributed by atoms with Gasteiger partial charge < -0.3 is 15.2 Å². The highest BCUT2D eigenvalue weighted by atomic mass is 79.9. The molecule has 2 N–H and O–H groups in total. The lowest BCUT2D eigenvalue weighted by Crippen LogP contribution is -2.05. The van der Waals surface area contributed by atoms with E-state index in [2.05, 4.69) is 59.4 Å². The summed E-state index contributed by atoms with van der Waals surface area (Å²) in [6.45, 7) is 1.49. The Bertz CT molecular complexity index is 1430. The normalized spacial score (nSPS) is 10.8. The zero-order valence-corrected chi connectivity index (χ0v) is 19.4. The minimum Gasteiger partial charge on any atom is -0.340 e. The molecule has 5 aromatic rings. The number of benzene rings is 3. The molecule has 0 saturated carbocycles. The number of hydrogen-bond donors (Lipinski definition) is 2. The van der Waals surface area contributed by atoms with Crippen LogP contribution in [-0.2, 0) is 4.79 Å². The quantitative estimate of drug-likeness (QED) is 0.288. The van der Waals surface area contributed by atoms with Gasteiger partial charge in [-0.05, 0) is 54.1 Å². The van der Waals surface area contributed by atoms with E-state index in [0.29, 0.717) is 5.82 Å². The third-order valence-corrected chi connectivity index (χ3v) is 5.77. The van der Waals surface area contributed by atoms with E-state index >= 15 is 0 Å². The average Bonchev–Trinajstić information content (AvgIpc) is 3.22. The van der Waals surface area contributed by atoms with Gasteiger partial charge in [0, 0.05) is 40.2 Å². The van der Waals surface area contributed by atoms with Crippen molar-refractivity contribution >= 4 is 50.1 Å². The molecule has 5 rings (SSSR count). The standard InChI is InChI=1S/C26H20BrN5O/c1-17(33)30-20-9-11-21(12-10-20)31-25-24-23(18-5-3-2-4-6-18)15-32(26(24)29-16-28-25)22-13-7-19(27)8-14-22/h2-16H,1H3,(H,30,33)(H,28,29,31). The SMILES string of the molecule is CC(=O)Nc1ccc(Nc2ncnc3c2c(-c2ccccc2)cn3-c2ccc(Br)cc2)cc1. The molecule has 0 fully saturated rings. The van der Waals surface area contributed by atoms with Crippen molar-refractivity contribution in [2.75, 3.05) is 10.6 Å². The van der Waals surface area contributed by atoms with Crippen LogP contribution in [0.4, 0.5) is 17.2 Å². The van der Waals surface area contributed by atoms with E-state index in [4.69, 9.17) is 0 Å². The van der Waals surface area contributed by atoms with E-state index in [1.165, 1.54) is 6.92 Å². The van der Waals surface area contributed by atoms with Crippen LogP contribution in [0.25, 0.3) is 27.8 Å². The zero-order chi connectivity index (χ0) is 22.8. The Morgan fingerprint density at radius 1 is 0.879 bits per heavy atom. The molecule has 0 radical (unpaired) electrons. The van der Waals surface area contributed by atoms with Crippen LogP contribution in [0.1, 0.15) is 6.92 Å². The molecule has 7 heteroatoms. The molecular weight excluding hydrogens is 478 g/mol. The first-order chi connectivity index (χ1) is 16.1. The van der Waals surface area contributed by atoms with Crippen molar-refractivity contribution in [1.82, 2.24) is 14.5 Å². The summed E-state index contributed by atoms with van der Waals surface area (Å²) < 4.78 is 3.10. The van der Waals surface area contributed by atoms with Gasteiger partial charge in [0.1, 0.15) is 12.1 Å². The van der Waals surface area contributed by atoms with E-state index in [-0.39, 0.29) is 5.91 Å². The molecule has 1 amide bonds. The van der Waals surface area contributed by atoms with Crippen molar-refractivity contribution < 1.29 is 4.79 Å². The van der Waals surface area contributed by atoms with Crippen LogP contribution >= 0.6 is 15.9 Å². The molecule has 0 saturated heterocycles. The van der Waals surface area contributed by atoms with E-state index in [9.17, 15) is 4.79 Å². The minimum absolute atomic E-state index is 0.102. The maximum atomic E-state index is 11.3. The van der Waals surface area contributed by atoms with E-state index in [1.807, 2.05) is 66.7 Å². The summed E-state index contributed by atoms with van der Waals surface area (Å²) in [6.07, 6.45) is 3.67. The van der Waals surface area contributed by atoms with Crippen LogP contribution in [0.2, 0.25) is 0 Å². The molecule has 6 nitrogen and oxygen atoms in total. The maximum absolute atomic E-state index is 11.3. The van der Waals surface area contributed by atoms with Gasteiger partial charge in [0.25, 0.3) is 0 Å². The molecule has 0 aliphatic rings. The number of nitrogens with zero attached hydrogens (tertiary/aromatic N) is 3. The first-order valence-corrected chi connectivity index (χ1v) is 11.2. The second kappa shape index (κ2) is 8.88. The summed E-state index contributed by atoms with van der Waals surface area (Å²) in [7, 11) is 0. The lowest BCUT2D eigenvalue weighted by atomic mass is 10.1. The zero-order valence-electron chi connectivity index (χ0n) is 17.8. The molecule has 0 unspecified atom stereocenters. The summed E-state index contributed by atoms with van der Waals surface area (Å²) in [4.78, 5) is 20.5. The number of rotatable bonds is 5. The average molecular weight is 498 g/mol. The second-order valence-electron chi connectivity index (χ2n) is 7.56. The number of amides is 1. The van der Waals surface area contributed by atoms with E-state index in [1.54, 1.807) is 6.33 Å². The van der Waals surface area contributed by atoms with Crippen molar-refractivity contribution in [3.8, 4) is 16.8 Å². The van der Waals surface area contributed by atoms with Gasteiger partial charge in [-0.15, -0.1) is 0 Å². The van der Waals surface area contributed by atoms with E-state index < -0.39 is 0 Å². The van der Waals surface area contributed by atoms with Crippen LogP contribution in [-0.4, -0.2) is 20.4 Å². The topological polar surface area (TPSA) is 71.8 Å². The van der Waals surface area contributed by atoms with Gasteiger partial charge in [0.15, 0.2) is 5.65 Å². The Labute approximate surface area is 199 Å². The molecule has 0 atom stereocenters. The number of carbonyl (C=O) groups excluding carboxylic acids is 1. The summed E-state index contributed by atoms with van der Waals surface area (Å²) >= 11 is 3.51. The van der Waals surface area contributed by atoms with E-state index in [0.717, 1.165) is 43.7 Å². The van der Waals surface area contributed by atoms with Crippen LogP contribution in [0.5, 0.6) is 0 Å². The fraction of sp³-hybridized carbons (Fsp3) is 0.0385. The van der Waals surface area contributed by atoms with Crippen molar-refractivity contribution in [3.63, 3.8) is 0 Å². The van der Waals surface area contributed by atoms with Crippen molar-refractivity contribution in [3.05, 3.63) is 95.9 Å². The Kier molecular flexibility index (Phi) is 5.62. The largest absolute Gasteiger partial charge is 0.340 e.